The zero-order chi connectivity index (χ0) is 9.83. The first kappa shape index (κ1) is 16.1. The van der Waals surface area contributed by atoms with E-state index in [0.717, 1.165) is 0 Å². The van der Waals surface area contributed by atoms with Crippen LogP contribution in [-0.2, 0) is 10.1 Å². The van der Waals surface area contributed by atoms with Crippen molar-refractivity contribution in [3.63, 3.8) is 0 Å². The largest absolute Gasteiger partial charge is 1.00 e. The molecule has 0 saturated carbocycles. The molecule has 0 unspecified atom stereocenters. The van der Waals surface area contributed by atoms with E-state index in [1.807, 2.05) is 0 Å². The summed E-state index contributed by atoms with van der Waals surface area (Å²) in [7, 11) is -4.36. The zero-order valence-corrected chi connectivity index (χ0v) is 9.91. The Bertz CT molecular complexity index is 224. The van der Waals surface area contributed by atoms with E-state index >= 15 is 0 Å². The third-order valence-electron chi connectivity index (χ3n) is 1.10. The van der Waals surface area contributed by atoms with Gasteiger partial charge >= 0.3 is 35.7 Å². The van der Waals surface area contributed by atoms with Gasteiger partial charge in [0.15, 0.2) is 0 Å². The van der Waals surface area contributed by atoms with Gasteiger partial charge in [-0.15, -0.1) is 0 Å². The Hall–Kier alpha value is 0.700. The predicted octanol–water partition coefficient (Wildman–Crippen LogP) is -1.73. The van der Waals surface area contributed by atoms with Gasteiger partial charge in [0.25, 0.3) is 0 Å². The fourth-order valence-electron chi connectivity index (χ4n) is 0.604. The third-order valence-corrected chi connectivity index (χ3v) is 1.89. The molecule has 0 aliphatic carbocycles. The van der Waals surface area contributed by atoms with Gasteiger partial charge in [-0.3, -0.25) is 0 Å². The molecule has 8 heteroatoms. The molecule has 0 spiro atoms. The van der Waals surface area contributed by atoms with Crippen LogP contribution in [0.4, 0.5) is 13.2 Å². The molecule has 0 heterocycles. The van der Waals surface area contributed by atoms with Crippen LogP contribution in [0.3, 0.4) is 0 Å². The van der Waals surface area contributed by atoms with Crippen LogP contribution in [-0.4, -0.2) is 24.9 Å². The SMILES string of the molecule is O=S(=O)([O-])CCCCC(F)(F)F.[Na+]. The molecular weight excluding hydrogens is 220 g/mol. The molecule has 0 saturated heterocycles. The monoisotopic (exact) mass is 228 g/mol. The van der Waals surface area contributed by atoms with Crippen LogP contribution >= 0.6 is 0 Å². The molecule has 0 aromatic rings. The van der Waals surface area contributed by atoms with Crippen molar-refractivity contribution in [3.8, 4) is 0 Å². The van der Waals surface area contributed by atoms with Crippen molar-refractivity contribution in [1.29, 1.82) is 0 Å². The number of unbranched alkanes of at least 4 members (excludes halogenated alkanes) is 1. The van der Waals surface area contributed by atoms with Crippen molar-refractivity contribution < 1.29 is 55.7 Å². The Morgan fingerprint density at radius 1 is 1.15 bits per heavy atom. The second kappa shape index (κ2) is 6.23. The van der Waals surface area contributed by atoms with Crippen molar-refractivity contribution in [2.24, 2.45) is 0 Å². The summed E-state index contributed by atoms with van der Waals surface area (Å²) in [5.41, 5.74) is 0. The Morgan fingerprint density at radius 2 is 1.62 bits per heavy atom. The van der Waals surface area contributed by atoms with Crippen molar-refractivity contribution in [2.45, 2.75) is 25.4 Å². The van der Waals surface area contributed by atoms with Crippen molar-refractivity contribution in [2.75, 3.05) is 5.75 Å². The molecule has 0 radical (unpaired) electrons. The second-order valence-corrected chi connectivity index (χ2v) is 3.86. The summed E-state index contributed by atoms with van der Waals surface area (Å²) in [6.45, 7) is 0. The van der Waals surface area contributed by atoms with Gasteiger partial charge in [-0.05, 0) is 12.8 Å². The van der Waals surface area contributed by atoms with Gasteiger partial charge in [0.1, 0.15) is 0 Å². The standard InChI is InChI=1S/C5H9F3O3S.Na/c6-5(7,8)3-1-2-4-12(9,10)11;/h1-4H2,(H,9,10,11);/q;+1/p-1. The predicted molar refractivity (Wildman–Crippen MR) is 34.5 cm³/mol. The van der Waals surface area contributed by atoms with Gasteiger partial charge in [0.2, 0.25) is 0 Å². The number of rotatable bonds is 4. The number of hydrogen-bond acceptors (Lipinski definition) is 3. The molecule has 0 fully saturated rings. The zero-order valence-electron chi connectivity index (χ0n) is 7.10. The van der Waals surface area contributed by atoms with Crippen LogP contribution in [0.25, 0.3) is 0 Å². The molecule has 74 valence electrons. The van der Waals surface area contributed by atoms with E-state index in [1.54, 1.807) is 0 Å². The fourth-order valence-corrected chi connectivity index (χ4v) is 1.16. The Morgan fingerprint density at radius 3 is 1.92 bits per heavy atom. The average Bonchev–Trinajstić information content (AvgIpc) is 1.76. The first-order chi connectivity index (χ1) is 5.21. The molecule has 0 aliphatic rings. The number of alkyl halides is 3. The van der Waals surface area contributed by atoms with E-state index < -0.39 is 28.5 Å². The Balaban J connectivity index is 0. The van der Waals surface area contributed by atoms with Crippen LogP contribution in [0.2, 0.25) is 0 Å². The molecule has 3 nitrogen and oxygen atoms in total. The minimum Gasteiger partial charge on any atom is -0.748 e. The van der Waals surface area contributed by atoms with Gasteiger partial charge < -0.3 is 4.55 Å². The van der Waals surface area contributed by atoms with E-state index in [0.29, 0.717) is 0 Å². The topological polar surface area (TPSA) is 57.2 Å². The molecular formula is C5H8F3NaO3S. The van der Waals surface area contributed by atoms with Crippen LogP contribution in [0.1, 0.15) is 19.3 Å². The molecule has 0 rings (SSSR count). The molecule has 13 heavy (non-hydrogen) atoms. The van der Waals surface area contributed by atoms with E-state index in [9.17, 15) is 26.1 Å². The molecule has 0 aliphatic heterocycles. The summed E-state index contributed by atoms with van der Waals surface area (Å²) >= 11 is 0. The number of halogens is 3. The van der Waals surface area contributed by atoms with Crippen LogP contribution in [0, 0.1) is 0 Å². The molecule has 0 amide bonds. The average molecular weight is 228 g/mol. The van der Waals surface area contributed by atoms with E-state index in [-0.39, 0.29) is 42.4 Å². The van der Waals surface area contributed by atoms with Crippen LogP contribution < -0.4 is 29.6 Å². The summed E-state index contributed by atoms with van der Waals surface area (Å²) in [5, 5.41) is 0. The van der Waals surface area contributed by atoms with E-state index in [4.69, 9.17) is 0 Å². The van der Waals surface area contributed by atoms with Gasteiger partial charge in [-0.2, -0.15) is 13.2 Å². The Labute approximate surface area is 96.7 Å². The summed E-state index contributed by atoms with van der Waals surface area (Å²) in [6.07, 6.45) is -5.86. The minimum atomic E-state index is -4.36. The summed E-state index contributed by atoms with van der Waals surface area (Å²) in [5.74, 6) is -0.719. The van der Waals surface area contributed by atoms with Crippen molar-refractivity contribution >= 4 is 10.1 Å². The first-order valence-electron chi connectivity index (χ1n) is 3.21. The maximum atomic E-state index is 11.4. The van der Waals surface area contributed by atoms with Crippen LogP contribution in [0.15, 0.2) is 0 Å². The van der Waals surface area contributed by atoms with E-state index in [1.165, 1.54) is 0 Å². The van der Waals surface area contributed by atoms with Gasteiger partial charge in [-0.1, -0.05) is 0 Å². The van der Waals surface area contributed by atoms with Crippen molar-refractivity contribution in [3.05, 3.63) is 0 Å². The molecule has 0 aromatic carbocycles. The maximum Gasteiger partial charge on any atom is 1.00 e. The normalized spacial score (nSPS) is 12.3. The van der Waals surface area contributed by atoms with Crippen molar-refractivity contribution in [1.82, 2.24) is 0 Å². The second-order valence-electron chi connectivity index (χ2n) is 2.33. The quantitative estimate of drug-likeness (QED) is 0.326. The third kappa shape index (κ3) is 15.5. The van der Waals surface area contributed by atoms with Gasteiger partial charge in [0, 0.05) is 12.2 Å². The maximum absolute atomic E-state index is 11.4. The minimum absolute atomic E-state index is 0. The molecule has 0 atom stereocenters. The van der Waals surface area contributed by atoms with Gasteiger partial charge in [-0.25, -0.2) is 8.42 Å². The summed E-state index contributed by atoms with van der Waals surface area (Å²) in [4.78, 5) is 0. The summed E-state index contributed by atoms with van der Waals surface area (Å²) < 4.78 is 64.1. The first-order valence-corrected chi connectivity index (χ1v) is 4.79. The van der Waals surface area contributed by atoms with Gasteiger partial charge in [0.05, 0.1) is 10.1 Å². The smallest absolute Gasteiger partial charge is 0.748 e. The molecule has 0 N–H and O–H groups in total. The summed E-state index contributed by atoms with van der Waals surface area (Å²) in [6, 6.07) is 0. The van der Waals surface area contributed by atoms with E-state index in [2.05, 4.69) is 0 Å². The Kier molecular flexibility index (Phi) is 7.74. The fraction of sp³-hybridized carbons (Fsp3) is 1.00. The molecule has 0 bridgehead atoms. The number of hydrogen-bond donors (Lipinski definition) is 0. The molecule has 0 aromatic heterocycles. The van der Waals surface area contributed by atoms with Crippen LogP contribution in [0.5, 0.6) is 0 Å².